The average molecular weight is 372 g/mol. The minimum absolute atomic E-state index is 0.200. The molecule has 2 atom stereocenters. The van der Waals surface area contributed by atoms with Crippen LogP contribution < -0.4 is 4.72 Å². The zero-order chi connectivity index (χ0) is 17.5. The third-order valence-electron chi connectivity index (χ3n) is 4.29. The maximum absolute atomic E-state index is 12.9. The molecule has 0 amide bonds. The standard InChI is InChI=1S/C14H17ClF3NO3S/c1-13(8-20)6-2-3-12(13)19-23(21,22)9-4-5-11(15)10(7-9)14(16,17)18/h4-5,7,12,19-20H,2-3,6,8H2,1H3/t12-,13+/m1/s1. The zero-order valence-corrected chi connectivity index (χ0v) is 13.9. The fraction of sp³-hybridized carbons (Fsp3) is 0.571. The van der Waals surface area contributed by atoms with Crippen molar-refractivity contribution >= 4 is 21.6 Å². The second kappa shape index (κ2) is 6.23. The molecule has 2 rings (SSSR count). The van der Waals surface area contributed by atoms with E-state index >= 15 is 0 Å². The topological polar surface area (TPSA) is 66.4 Å². The van der Waals surface area contributed by atoms with Crippen LogP contribution in [0.5, 0.6) is 0 Å². The Morgan fingerprint density at radius 3 is 2.65 bits per heavy atom. The first-order valence-corrected chi connectivity index (χ1v) is 8.86. The summed E-state index contributed by atoms with van der Waals surface area (Å²) in [6.07, 6.45) is -2.84. The van der Waals surface area contributed by atoms with Gasteiger partial charge in [0, 0.05) is 18.1 Å². The molecule has 4 nitrogen and oxygen atoms in total. The number of aliphatic hydroxyl groups excluding tert-OH is 1. The molecule has 2 N–H and O–H groups in total. The van der Waals surface area contributed by atoms with E-state index in [0.717, 1.165) is 18.6 Å². The third kappa shape index (κ3) is 3.81. The van der Waals surface area contributed by atoms with E-state index in [1.165, 1.54) is 0 Å². The van der Waals surface area contributed by atoms with Gasteiger partial charge in [0.2, 0.25) is 10.0 Å². The van der Waals surface area contributed by atoms with Crippen LogP contribution in [0.15, 0.2) is 23.1 Å². The van der Waals surface area contributed by atoms with Crippen LogP contribution in [0.4, 0.5) is 13.2 Å². The molecule has 0 radical (unpaired) electrons. The summed E-state index contributed by atoms with van der Waals surface area (Å²) in [6, 6.07) is 1.95. The van der Waals surface area contributed by atoms with E-state index < -0.39 is 43.1 Å². The lowest BCUT2D eigenvalue weighted by Crippen LogP contribution is -2.44. The molecular weight excluding hydrogens is 355 g/mol. The van der Waals surface area contributed by atoms with Crippen LogP contribution in [0.1, 0.15) is 31.7 Å². The highest BCUT2D eigenvalue weighted by molar-refractivity contribution is 7.89. The third-order valence-corrected chi connectivity index (χ3v) is 6.09. The normalized spacial score (nSPS) is 25.7. The lowest BCUT2D eigenvalue weighted by molar-refractivity contribution is -0.137. The molecular formula is C14H17ClF3NO3S. The number of nitrogens with one attached hydrogen (secondary N) is 1. The average Bonchev–Trinajstić information content (AvgIpc) is 2.79. The van der Waals surface area contributed by atoms with E-state index in [1.807, 2.05) is 0 Å². The van der Waals surface area contributed by atoms with E-state index in [9.17, 15) is 26.7 Å². The highest BCUT2D eigenvalue weighted by Gasteiger charge is 2.41. The minimum Gasteiger partial charge on any atom is -0.396 e. The van der Waals surface area contributed by atoms with Gasteiger partial charge in [-0.1, -0.05) is 24.9 Å². The van der Waals surface area contributed by atoms with E-state index in [1.54, 1.807) is 6.92 Å². The van der Waals surface area contributed by atoms with Crippen molar-refractivity contribution in [3.05, 3.63) is 28.8 Å². The van der Waals surface area contributed by atoms with Crippen LogP contribution in [-0.4, -0.2) is 26.2 Å². The summed E-state index contributed by atoms with van der Waals surface area (Å²) >= 11 is 5.50. The summed E-state index contributed by atoms with van der Waals surface area (Å²) in [5.74, 6) is 0. The van der Waals surface area contributed by atoms with Gasteiger partial charge in [-0.2, -0.15) is 13.2 Å². The number of alkyl halides is 3. The molecule has 1 aromatic rings. The van der Waals surface area contributed by atoms with E-state index in [-0.39, 0.29) is 6.61 Å². The highest BCUT2D eigenvalue weighted by Crippen LogP contribution is 2.39. The predicted octanol–water partition coefficient (Wildman–Crippen LogP) is 3.19. The molecule has 23 heavy (non-hydrogen) atoms. The van der Waals surface area contributed by atoms with Gasteiger partial charge in [-0.25, -0.2) is 13.1 Å². The molecule has 1 fully saturated rings. The van der Waals surface area contributed by atoms with Gasteiger partial charge in [-0.3, -0.25) is 0 Å². The summed E-state index contributed by atoms with van der Waals surface area (Å²) < 4.78 is 65.8. The SMILES string of the molecule is C[C@@]1(CO)CCC[C@H]1NS(=O)(=O)c1ccc(Cl)c(C(F)(F)F)c1. The molecule has 0 unspecified atom stereocenters. The molecule has 1 saturated carbocycles. The second-order valence-electron chi connectivity index (χ2n) is 6.02. The van der Waals surface area contributed by atoms with Crippen molar-refractivity contribution in [3.63, 3.8) is 0 Å². The molecule has 1 aromatic carbocycles. The predicted molar refractivity (Wildman–Crippen MR) is 79.6 cm³/mol. The number of benzene rings is 1. The molecule has 0 aliphatic heterocycles. The summed E-state index contributed by atoms with van der Waals surface area (Å²) in [4.78, 5) is -0.499. The Bertz CT molecular complexity index is 693. The number of halogens is 4. The summed E-state index contributed by atoms with van der Waals surface area (Å²) in [5, 5.41) is 8.89. The van der Waals surface area contributed by atoms with Crippen LogP contribution in [0.3, 0.4) is 0 Å². The Morgan fingerprint density at radius 1 is 1.43 bits per heavy atom. The van der Waals surface area contributed by atoms with Crippen LogP contribution >= 0.6 is 11.6 Å². The molecule has 0 spiro atoms. The first kappa shape index (κ1) is 18.5. The van der Waals surface area contributed by atoms with E-state index in [2.05, 4.69) is 4.72 Å². The molecule has 1 aliphatic carbocycles. The van der Waals surface area contributed by atoms with Gasteiger partial charge < -0.3 is 5.11 Å². The Kier molecular flexibility index (Phi) is 5.02. The number of rotatable bonds is 4. The van der Waals surface area contributed by atoms with Crippen molar-refractivity contribution in [2.24, 2.45) is 5.41 Å². The van der Waals surface area contributed by atoms with Gasteiger partial charge >= 0.3 is 6.18 Å². The Morgan fingerprint density at radius 2 is 2.09 bits per heavy atom. The lowest BCUT2D eigenvalue weighted by Gasteiger charge is -2.29. The van der Waals surface area contributed by atoms with E-state index in [4.69, 9.17) is 11.6 Å². The number of hydrogen-bond donors (Lipinski definition) is 2. The molecule has 1 aliphatic rings. The van der Waals surface area contributed by atoms with Crippen LogP contribution in [-0.2, 0) is 16.2 Å². The molecule has 0 heterocycles. The van der Waals surface area contributed by atoms with Crippen molar-refractivity contribution in [3.8, 4) is 0 Å². The maximum Gasteiger partial charge on any atom is 0.417 e. The summed E-state index contributed by atoms with van der Waals surface area (Å²) in [5.41, 5.74) is -1.81. The number of hydrogen-bond acceptors (Lipinski definition) is 3. The van der Waals surface area contributed by atoms with Gasteiger partial charge in [-0.05, 0) is 31.0 Å². The van der Waals surface area contributed by atoms with Crippen LogP contribution in [0, 0.1) is 5.41 Å². The molecule has 130 valence electrons. The maximum atomic E-state index is 12.9. The molecule has 0 aromatic heterocycles. The second-order valence-corrected chi connectivity index (χ2v) is 8.14. The van der Waals surface area contributed by atoms with Crippen LogP contribution in [0.2, 0.25) is 5.02 Å². The van der Waals surface area contributed by atoms with Crippen molar-refractivity contribution in [1.82, 2.24) is 4.72 Å². The van der Waals surface area contributed by atoms with Gasteiger partial charge in [-0.15, -0.1) is 0 Å². The Labute approximate surface area is 137 Å². The quantitative estimate of drug-likeness (QED) is 0.854. The molecule has 0 bridgehead atoms. The first-order valence-electron chi connectivity index (χ1n) is 6.99. The number of sulfonamides is 1. The first-order chi connectivity index (χ1) is 10.5. The molecule has 0 saturated heterocycles. The van der Waals surface area contributed by atoms with Crippen molar-refractivity contribution in [2.75, 3.05) is 6.61 Å². The highest BCUT2D eigenvalue weighted by atomic mass is 35.5. The van der Waals surface area contributed by atoms with Gasteiger partial charge in [0.05, 0.1) is 15.5 Å². The van der Waals surface area contributed by atoms with Gasteiger partial charge in [0.15, 0.2) is 0 Å². The minimum atomic E-state index is -4.74. The monoisotopic (exact) mass is 371 g/mol. The lowest BCUT2D eigenvalue weighted by atomic mass is 9.86. The van der Waals surface area contributed by atoms with Crippen molar-refractivity contribution in [1.29, 1.82) is 0 Å². The Balaban J connectivity index is 2.34. The number of aliphatic hydroxyl groups is 1. The largest absolute Gasteiger partial charge is 0.417 e. The Hall–Kier alpha value is -0.830. The van der Waals surface area contributed by atoms with Crippen molar-refractivity contribution < 1.29 is 26.7 Å². The fourth-order valence-corrected chi connectivity index (χ4v) is 4.43. The summed E-state index contributed by atoms with van der Waals surface area (Å²) in [6.45, 7) is 1.55. The van der Waals surface area contributed by atoms with E-state index in [0.29, 0.717) is 18.9 Å². The zero-order valence-electron chi connectivity index (χ0n) is 12.3. The molecule has 9 heteroatoms. The van der Waals surface area contributed by atoms with Gasteiger partial charge in [0.1, 0.15) is 0 Å². The summed E-state index contributed by atoms with van der Waals surface area (Å²) in [7, 11) is -4.14. The fourth-order valence-electron chi connectivity index (χ4n) is 2.77. The smallest absolute Gasteiger partial charge is 0.396 e. The van der Waals surface area contributed by atoms with Gasteiger partial charge in [0.25, 0.3) is 0 Å². The van der Waals surface area contributed by atoms with Crippen molar-refractivity contribution in [2.45, 2.75) is 43.3 Å². The van der Waals surface area contributed by atoms with Crippen LogP contribution in [0.25, 0.3) is 0 Å².